The first kappa shape index (κ1) is 16.5. The second kappa shape index (κ2) is 7.25. The average Bonchev–Trinajstić information content (AvgIpc) is 2.89. The number of amides is 2. The van der Waals surface area contributed by atoms with E-state index in [0.717, 1.165) is 24.6 Å². The quantitative estimate of drug-likeness (QED) is 0.616. The maximum absolute atomic E-state index is 11.8. The molecule has 0 saturated carbocycles. The highest BCUT2D eigenvalue weighted by molar-refractivity contribution is 7.10. The van der Waals surface area contributed by atoms with Gasteiger partial charge in [-0.3, -0.25) is 0 Å². The fourth-order valence-electron chi connectivity index (χ4n) is 1.60. The minimum atomic E-state index is -1.97. The summed E-state index contributed by atoms with van der Waals surface area (Å²) in [5.41, 5.74) is -1.97. The Kier molecular flexibility index (Phi) is 5.97. The number of carbonyl (C=O) groups excluding carboxylic acids is 1. The molecule has 0 aliphatic heterocycles. The molecule has 1 aromatic rings. The minimum Gasteiger partial charge on any atom is -0.479 e. The number of carboxylic acids is 1. The molecular weight excluding hydrogens is 280 g/mol. The summed E-state index contributed by atoms with van der Waals surface area (Å²) in [4.78, 5) is 23.5. The van der Waals surface area contributed by atoms with Crippen LogP contribution in [0.4, 0.5) is 4.79 Å². The lowest BCUT2D eigenvalue weighted by Crippen LogP contribution is -2.49. The molecule has 20 heavy (non-hydrogen) atoms. The number of hydrogen-bond acceptors (Lipinski definition) is 4. The van der Waals surface area contributed by atoms with Gasteiger partial charge in [-0.15, -0.1) is 11.3 Å². The van der Waals surface area contributed by atoms with Gasteiger partial charge in [0.25, 0.3) is 0 Å². The standard InChI is InChI=1S/C13H20N2O4S/c1-3-5-9(10-6-4-7-20-10)15-12(18)14-8-13(2,19)11(16)17/h4,6-7,9,19H,3,5,8H2,1-2H3,(H,16,17)(H2,14,15,18). The molecule has 1 heterocycles. The zero-order chi connectivity index (χ0) is 15.2. The molecule has 0 saturated heterocycles. The SMILES string of the molecule is CCCC(NC(=O)NCC(C)(O)C(=O)O)c1cccs1. The van der Waals surface area contributed by atoms with Crippen LogP contribution >= 0.6 is 11.3 Å². The zero-order valence-electron chi connectivity index (χ0n) is 11.5. The molecule has 2 atom stereocenters. The lowest BCUT2D eigenvalue weighted by Gasteiger charge is -2.21. The fourth-order valence-corrected chi connectivity index (χ4v) is 2.41. The van der Waals surface area contributed by atoms with Crippen LogP contribution in [-0.2, 0) is 4.79 Å². The number of hydrogen-bond donors (Lipinski definition) is 4. The van der Waals surface area contributed by atoms with E-state index in [4.69, 9.17) is 5.11 Å². The molecule has 0 aliphatic carbocycles. The fraction of sp³-hybridized carbons (Fsp3) is 0.538. The summed E-state index contributed by atoms with van der Waals surface area (Å²) in [5.74, 6) is -1.37. The van der Waals surface area contributed by atoms with Gasteiger partial charge >= 0.3 is 12.0 Å². The molecule has 2 unspecified atom stereocenters. The third kappa shape index (κ3) is 4.82. The van der Waals surface area contributed by atoms with Crippen molar-refractivity contribution in [3.8, 4) is 0 Å². The molecule has 0 aliphatic rings. The summed E-state index contributed by atoms with van der Waals surface area (Å²) >= 11 is 1.56. The molecule has 0 radical (unpaired) electrons. The topological polar surface area (TPSA) is 98.7 Å². The number of thiophene rings is 1. The maximum Gasteiger partial charge on any atom is 0.337 e. The number of nitrogens with one attached hydrogen (secondary N) is 2. The van der Waals surface area contributed by atoms with Crippen molar-refractivity contribution in [2.75, 3.05) is 6.54 Å². The van der Waals surface area contributed by atoms with Gasteiger partial charge < -0.3 is 20.8 Å². The number of rotatable bonds is 7. The van der Waals surface area contributed by atoms with Gasteiger partial charge in [0.2, 0.25) is 0 Å². The summed E-state index contributed by atoms with van der Waals surface area (Å²) in [6.07, 6.45) is 1.71. The van der Waals surface area contributed by atoms with Gasteiger partial charge in [-0.05, 0) is 24.8 Å². The Hall–Kier alpha value is -1.60. The molecule has 1 rings (SSSR count). The van der Waals surface area contributed by atoms with E-state index in [1.54, 1.807) is 11.3 Å². The molecule has 7 heteroatoms. The van der Waals surface area contributed by atoms with E-state index in [0.29, 0.717) is 0 Å². The normalized spacial score (nSPS) is 15.2. The number of aliphatic carboxylic acids is 1. The molecule has 1 aromatic heterocycles. The second-order valence-electron chi connectivity index (χ2n) is 4.76. The Balaban J connectivity index is 2.53. The van der Waals surface area contributed by atoms with E-state index in [9.17, 15) is 14.7 Å². The summed E-state index contributed by atoms with van der Waals surface area (Å²) in [6.45, 7) is 2.81. The number of urea groups is 1. The molecule has 4 N–H and O–H groups in total. The van der Waals surface area contributed by atoms with Crippen LogP contribution in [0.1, 0.15) is 37.6 Å². The molecule has 6 nitrogen and oxygen atoms in total. The highest BCUT2D eigenvalue weighted by Gasteiger charge is 2.30. The third-order valence-electron chi connectivity index (χ3n) is 2.82. The Morgan fingerprint density at radius 2 is 2.20 bits per heavy atom. The zero-order valence-corrected chi connectivity index (χ0v) is 12.4. The van der Waals surface area contributed by atoms with E-state index in [-0.39, 0.29) is 12.6 Å². The number of carbonyl (C=O) groups is 2. The van der Waals surface area contributed by atoms with Crippen molar-refractivity contribution < 1.29 is 19.8 Å². The molecule has 0 spiro atoms. The van der Waals surface area contributed by atoms with Gasteiger partial charge in [0.05, 0.1) is 12.6 Å². The van der Waals surface area contributed by atoms with Crippen molar-refractivity contribution in [3.63, 3.8) is 0 Å². The predicted molar refractivity (Wildman–Crippen MR) is 76.8 cm³/mol. The molecule has 112 valence electrons. The van der Waals surface area contributed by atoms with E-state index < -0.39 is 17.6 Å². The van der Waals surface area contributed by atoms with Crippen LogP contribution in [0.15, 0.2) is 17.5 Å². The molecule has 0 bridgehead atoms. The lowest BCUT2D eigenvalue weighted by molar-refractivity contribution is -0.155. The summed E-state index contributed by atoms with van der Waals surface area (Å²) < 4.78 is 0. The smallest absolute Gasteiger partial charge is 0.337 e. The van der Waals surface area contributed by atoms with Crippen molar-refractivity contribution in [1.82, 2.24) is 10.6 Å². The van der Waals surface area contributed by atoms with Crippen molar-refractivity contribution in [2.45, 2.75) is 38.3 Å². The Morgan fingerprint density at radius 1 is 1.50 bits per heavy atom. The monoisotopic (exact) mass is 300 g/mol. The van der Waals surface area contributed by atoms with Gasteiger partial charge in [-0.1, -0.05) is 19.4 Å². The summed E-state index contributed by atoms with van der Waals surface area (Å²) in [5, 5.41) is 25.4. The molecule has 2 amide bonds. The van der Waals surface area contributed by atoms with Gasteiger partial charge in [0, 0.05) is 4.88 Å². The summed E-state index contributed by atoms with van der Waals surface area (Å²) in [6, 6.07) is 3.27. The number of carboxylic acid groups (broad SMARTS) is 1. The largest absolute Gasteiger partial charge is 0.479 e. The van der Waals surface area contributed by atoms with Crippen LogP contribution in [0, 0.1) is 0 Å². The van der Waals surface area contributed by atoms with Crippen molar-refractivity contribution in [3.05, 3.63) is 22.4 Å². The summed E-state index contributed by atoms with van der Waals surface area (Å²) in [7, 11) is 0. The van der Waals surface area contributed by atoms with Crippen LogP contribution in [0.3, 0.4) is 0 Å². The van der Waals surface area contributed by atoms with Crippen molar-refractivity contribution in [1.29, 1.82) is 0 Å². The predicted octanol–water partition coefficient (Wildman–Crippen LogP) is 1.72. The van der Waals surface area contributed by atoms with Crippen molar-refractivity contribution in [2.24, 2.45) is 0 Å². The second-order valence-corrected chi connectivity index (χ2v) is 5.74. The van der Waals surface area contributed by atoms with Crippen LogP contribution in [-0.4, -0.2) is 34.4 Å². The first-order valence-electron chi connectivity index (χ1n) is 6.40. The average molecular weight is 300 g/mol. The Morgan fingerprint density at radius 3 is 2.70 bits per heavy atom. The highest BCUT2D eigenvalue weighted by atomic mass is 32.1. The number of aliphatic hydroxyl groups is 1. The van der Waals surface area contributed by atoms with Crippen LogP contribution in [0.2, 0.25) is 0 Å². The van der Waals surface area contributed by atoms with E-state index in [2.05, 4.69) is 10.6 Å². The van der Waals surface area contributed by atoms with Gasteiger partial charge in [0.1, 0.15) is 0 Å². The van der Waals surface area contributed by atoms with Crippen LogP contribution < -0.4 is 10.6 Å². The lowest BCUT2D eigenvalue weighted by atomic mass is 10.1. The highest BCUT2D eigenvalue weighted by Crippen LogP contribution is 2.22. The Bertz CT molecular complexity index is 445. The van der Waals surface area contributed by atoms with Gasteiger partial charge in [0.15, 0.2) is 5.60 Å². The van der Waals surface area contributed by atoms with Crippen LogP contribution in [0.25, 0.3) is 0 Å². The van der Waals surface area contributed by atoms with Gasteiger partial charge in [-0.2, -0.15) is 0 Å². The maximum atomic E-state index is 11.8. The third-order valence-corrected chi connectivity index (χ3v) is 3.81. The van der Waals surface area contributed by atoms with Crippen molar-refractivity contribution >= 4 is 23.3 Å². The van der Waals surface area contributed by atoms with E-state index in [1.807, 2.05) is 24.4 Å². The molecular formula is C13H20N2O4S. The molecule has 0 fully saturated rings. The van der Waals surface area contributed by atoms with Gasteiger partial charge in [-0.25, -0.2) is 9.59 Å². The molecule has 0 aromatic carbocycles. The minimum absolute atomic E-state index is 0.102. The first-order chi connectivity index (χ1) is 9.36. The van der Waals surface area contributed by atoms with E-state index >= 15 is 0 Å². The van der Waals surface area contributed by atoms with E-state index in [1.165, 1.54) is 0 Å². The first-order valence-corrected chi connectivity index (χ1v) is 7.28. The Labute approximate surface area is 121 Å². The van der Waals surface area contributed by atoms with Crippen LogP contribution in [0.5, 0.6) is 0 Å².